The quantitative estimate of drug-likeness (QED) is 0.751. The second kappa shape index (κ2) is 3.95. The molecule has 0 aliphatic heterocycles. The van der Waals surface area contributed by atoms with Crippen molar-refractivity contribution in [2.75, 3.05) is 0 Å². The van der Waals surface area contributed by atoms with Gasteiger partial charge in [0.05, 0.1) is 0 Å². The van der Waals surface area contributed by atoms with Gasteiger partial charge in [-0.15, -0.1) is 0 Å². The lowest BCUT2D eigenvalue weighted by molar-refractivity contribution is -0.135. The van der Waals surface area contributed by atoms with Crippen LogP contribution in [-0.4, -0.2) is 10.7 Å². The first-order chi connectivity index (χ1) is 5.99. The zero-order chi connectivity index (χ0) is 9.90. The molecule has 74 valence electrons. The molecule has 1 heterocycles. The van der Waals surface area contributed by atoms with Crippen molar-refractivity contribution in [2.24, 2.45) is 0 Å². The maximum atomic E-state index is 11.7. The molecular formula is C7H8F3NOS. The van der Waals surface area contributed by atoms with Gasteiger partial charge in [0.1, 0.15) is 0 Å². The minimum absolute atomic E-state index is 0.0415. The van der Waals surface area contributed by atoms with E-state index in [0.717, 1.165) is 11.3 Å². The van der Waals surface area contributed by atoms with Gasteiger partial charge in [-0.05, 0) is 6.42 Å². The summed E-state index contributed by atoms with van der Waals surface area (Å²) in [5.41, 5.74) is 0. The van der Waals surface area contributed by atoms with E-state index in [-0.39, 0.29) is 17.8 Å². The summed E-state index contributed by atoms with van der Waals surface area (Å²) >= 11 is 0.988. The van der Waals surface area contributed by atoms with E-state index in [9.17, 15) is 18.0 Å². The first-order valence-corrected chi connectivity index (χ1v) is 4.58. The SMILES string of the molecule is O=c1sccn1CCCC(F)(F)F. The topological polar surface area (TPSA) is 22.0 Å². The number of aryl methyl sites for hydroxylation is 1. The summed E-state index contributed by atoms with van der Waals surface area (Å²) in [4.78, 5) is 10.7. The van der Waals surface area contributed by atoms with Crippen LogP contribution in [0.1, 0.15) is 12.8 Å². The van der Waals surface area contributed by atoms with E-state index in [0.29, 0.717) is 0 Å². The van der Waals surface area contributed by atoms with Gasteiger partial charge in [0.15, 0.2) is 0 Å². The second-order valence-electron chi connectivity index (χ2n) is 2.58. The molecule has 0 aliphatic carbocycles. The van der Waals surface area contributed by atoms with Crippen LogP contribution >= 0.6 is 11.3 Å². The Hall–Kier alpha value is -0.780. The summed E-state index contributed by atoms with van der Waals surface area (Å²) in [5, 5.41) is 1.57. The molecule has 0 spiro atoms. The number of rotatable bonds is 3. The van der Waals surface area contributed by atoms with Crippen LogP contribution in [0.5, 0.6) is 0 Å². The van der Waals surface area contributed by atoms with Crippen molar-refractivity contribution in [1.82, 2.24) is 4.57 Å². The van der Waals surface area contributed by atoms with Gasteiger partial charge in [0, 0.05) is 24.5 Å². The molecule has 6 heteroatoms. The van der Waals surface area contributed by atoms with Gasteiger partial charge in [-0.3, -0.25) is 4.79 Å². The Morgan fingerprint density at radius 1 is 1.46 bits per heavy atom. The van der Waals surface area contributed by atoms with E-state index in [1.807, 2.05) is 0 Å². The number of alkyl halides is 3. The van der Waals surface area contributed by atoms with Crippen molar-refractivity contribution >= 4 is 11.3 Å². The number of aromatic nitrogens is 1. The van der Waals surface area contributed by atoms with Crippen molar-refractivity contribution in [1.29, 1.82) is 0 Å². The third kappa shape index (κ3) is 3.63. The van der Waals surface area contributed by atoms with E-state index in [2.05, 4.69) is 0 Å². The van der Waals surface area contributed by atoms with Crippen LogP contribution in [0, 0.1) is 0 Å². The summed E-state index contributed by atoms with van der Waals surface area (Å²) in [6.45, 7) is 0.141. The molecule has 0 saturated heterocycles. The van der Waals surface area contributed by atoms with Gasteiger partial charge in [-0.2, -0.15) is 13.2 Å². The van der Waals surface area contributed by atoms with Gasteiger partial charge in [0.2, 0.25) is 0 Å². The molecule has 0 radical (unpaired) electrons. The van der Waals surface area contributed by atoms with Gasteiger partial charge in [-0.1, -0.05) is 11.3 Å². The van der Waals surface area contributed by atoms with E-state index < -0.39 is 12.6 Å². The lowest BCUT2D eigenvalue weighted by atomic mass is 10.3. The van der Waals surface area contributed by atoms with Crippen LogP contribution in [0.25, 0.3) is 0 Å². The summed E-state index contributed by atoms with van der Waals surface area (Å²) < 4.78 is 36.4. The van der Waals surface area contributed by atoms with Crippen molar-refractivity contribution in [3.63, 3.8) is 0 Å². The fourth-order valence-corrected chi connectivity index (χ4v) is 1.52. The molecule has 1 aromatic rings. The fourth-order valence-electron chi connectivity index (χ4n) is 0.906. The van der Waals surface area contributed by atoms with Gasteiger partial charge >= 0.3 is 11.0 Å². The van der Waals surface area contributed by atoms with Crippen LogP contribution in [0.15, 0.2) is 16.4 Å². The highest BCUT2D eigenvalue weighted by Crippen LogP contribution is 2.21. The van der Waals surface area contributed by atoms with Crippen LogP contribution in [0.3, 0.4) is 0 Å². The Morgan fingerprint density at radius 3 is 2.62 bits per heavy atom. The van der Waals surface area contributed by atoms with Gasteiger partial charge in [0.25, 0.3) is 0 Å². The third-order valence-electron chi connectivity index (χ3n) is 1.50. The van der Waals surface area contributed by atoms with E-state index in [1.54, 1.807) is 5.38 Å². The monoisotopic (exact) mass is 211 g/mol. The zero-order valence-electron chi connectivity index (χ0n) is 6.67. The summed E-state index contributed by atoms with van der Waals surface area (Å²) in [6, 6.07) is 0. The highest BCUT2D eigenvalue weighted by Gasteiger charge is 2.25. The van der Waals surface area contributed by atoms with Crippen LogP contribution < -0.4 is 4.87 Å². The maximum Gasteiger partial charge on any atom is 0.389 e. The van der Waals surface area contributed by atoms with Crippen molar-refractivity contribution in [3.8, 4) is 0 Å². The smallest absolute Gasteiger partial charge is 0.306 e. The minimum atomic E-state index is -4.13. The Bertz CT molecular complexity index is 314. The number of nitrogens with zero attached hydrogens (tertiary/aromatic N) is 1. The first-order valence-electron chi connectivity index (χ1n) is 3.70. The highest BCUT2D eigenvalue weighted by molar-refractivity contribution is 7.07. The van der Waals surface area contributed by atoms with Crippen LogP contribution in [0.2, 0.25) is 0 Å². The molecule has 13 heavy (non-hydrogen) atoms. The molecule has 0 aliphatic rings. The molecule has 0 bridgehead atoms. The number of thiazole rings is 1. The number of hydrogen-bond acceptors (Lipinski definition) is 2. The van der Waals surface area contributed by atoms with Crippen molar-refractivity contribution < 1.29 is 13.2 Å². The molecule has 0 atom stereocenters. The molecule has 0 saturated carbocycles. The minimum Gasteiger partial charge on any atom is -0.306 e. The largest absolute Gasteiger partial charge is 0.389 e. The maximum absolute atomic E-state index is 11.7. The number of hydrogen-bond donors (Lipinski definition) is 0. The third-order valence-corrected chi connectivity index (χ3v) is 2.20. The van der Waals surface area contributed by atoms with E-state index in [4.69, 9.17) is 0 Å². The molecule has 0 unspecified atom stereocenters. The molecule has 0 aromatic carbocycles. The molecule has 0 N–H and O–H groups in total. The van der Waals surface area contributed by atoms with Gasteiger partial charge in [-0.25, -0.2) is 0 Å². The highest BCUT2D eigenvalue weighted by atomic mass is 32.1. The Labute approximate surface area is 76.6 Å². The van der Waals surface area contributed by atoms with Crippen LogP contribution in [-0.2, 0) is 6.54 Å². The van der Waals surface area contributed by atoms with E-state index in [1.165, 1.54) is 10.8 Å². The summed E-state index contributed by atoms with van der Waals surface area (Å²) in [6.07, 6.45) is -3.50. The summed E-state index contributed by atoms with van der Waals surface area (Å²) in [5.74, 6) is 0. The second-order valence-corrected chi connectivity index (χ2v) is 3.44. The first kappa shape index (κ1) is 10.3. The summed E-state index contributed by atoms with van der Waals surface area (Å²) in [7, 11) is 0. The lowest BCUT2D eigenvalue weighted by Crippen LogP contribution is -2.14. The Balaban J connectivity index is 2.37. The zero-order valence-corrected chi connectivity index (χ0v) is 7.49. The molecule has 1 aromatic heterocycles. The average molecular weight is 211 g/mol. The molecular weight excluding hydrogens is 203 g/mol. The number of halogens is 3. The lowest BCUT2D eigenvalue weighted by Gasteiger charge is -2.05. The average Bonchev–Trinajstić information content (AvgIpc) is 2.34. The molecule has 1 rings (SSSR count). The predicted octanol–water partition coefficient (Wildman–Crippen LogP) is 2.25. The van der Waals surface area contributed by atoms with Crippen molar-refractivity contribution in [3.05, 3.63) is 21.2 Å². The predicted molar refractivity (Wildman–Crippen MR) is 43.9 cm³/mol. The van der Waals surface area contributed by atoms with E-state index >= 15 is 0 Å². The van der Waals surface area contributed by atoms with Crippen LogP contribution in [0.4, 0.5) is 13.2 Å². The standard InChI is InChI=1S/C7H8F3NOS/c8-7(9,10)2-1-3-11-4-5-13-6(11)12/h4-5H,1-3H2. The van der Waals surface area contributed by atoms with Crippen molar-refractivity contribution in [2.45, 2.75) is 25.6 Å². The normalized spacial score (nSPS) is 11.9. The molecule has 0 fully saturated rings. The molecule has 2 nitrogen and oxygen atoms in total. The fraction of sp³-hybridized carbons (Fsp3) is 0.571. The van der Waals surface area contributed by atoms with Gasteiger partial charge < -0.3 is 4.57 Å². The molecule has 0 amide bonds. The Kier molecular flexibility index (Phi) is 3.13. The Morgan fingerprint density at radius 2 is 2.15 bits per heavy atom.